The summed E-state index contributed by atoms with van der Waals surface area (Å²) < 4.78 is 6.95. The summed E-state index contributed by atoms with van der Waals surface area (Å²) in [6, 6.07) is 1.86. The van der Waals surface area contributed by atoms with Crippen LogP contribution in [0.3, 0.4) is 0 Å². The van der Waals surface area contributed by atoms with Gasteiger partial charge in [-0.05, 0) is 13.2 Å². The normalized spacial score (nSPS) is 10.9. The molecule has 2 aromatic heterocycles. The number of aromatic nitrogens is 4. The van der Waals surface area contributed by atoms with Crippen LogP contribution in [0.2, 0.25) is 0 Å². The summed E-state index contributed by atoms with van der Waals surface area (Å²) in [6.07, 6.45) is 3.66. The van der Waals surface area contributed by atoms with E-state index in [1.807, 2.05) is 19.2 Å². The van der Waals surface area contributed by atoms with E-state index in [-0.39, 0.29) is 0 Å². The average molecular weight is 253 g/mol. The minimum atomic E-state index is 0.651. The van der Waals surface area contributed by atoms with Crippen LogP contribution < -0.4 is 5.32 Å². The molecule has 2 aromatic rings. The van der Waals surface area contributed by atoms with Gasteiger partial charge < -0.3 is 10.1 Å². The van der Waals surface area contributed by atoms with Gasteiger partial charge in [0.1, 0.15) is 0 Å². The third kappa shape index (κ3) is 2.86. The second-order valence-electron chi connectivity index (χ2n) is 3.26. The molecule has 92 valence electrons. The second-order valence-corrected chi connectivity index (χ2v) is 4.03. The van der Waals surface area contributed by atoms with Crippen molar-refractivity contribution < 1.29 is 4.74 Å². The third-order valence-corrected chi connectivity index (χ3v) is 2.70. The van der Waals surface area contributed by atoms with Crippen molar-refractivity contribution in [3.8, 4) is 0 Å². The van der Waals surface area contributed by atoms with Gasteiger partial charge in [-0.15, -0.1) is 0 Å². The van der Waals surface area contributed by atoms with E-state index in [2.05, 4.69) is 20.4 Å². The summed E-state index contributed by atoms with van der Waals surface area (Å²) in [7, 11) is 0. The molecule has 0 saturated heterocycles. The van der Waals surface area contributed by atoms with Crippen LogP contribution in [-0.4, -0.2) is 45.6 Å². The maximum atomic E-state index is 5.26. The van der Waals surface area contributed by atoms with Crippen LogP contribution in [0, 0.1) is 0 Å². The lowest BCUT2D eigenvalue weighted by molar-refractivity contribution is 0.158. The summed E-state index contributed by atoms with van der Waals surface area (Å²) in [6.45, 7) is 4.05. The molecule has 17 heavy (non-hydrogen) atoms. The Hall–Kier alpha value is -1.34. The van der Waals surface area contributed by atoms with E-state index in [0.717, 1.165) is 17.4 Å². The molecular weight excluding hydrogens is 238 g/mol. The van der Waals surface area contributed by atoms with Gasteiger partial charge in [0.2, 0.25) is 5.95 Å². The Kier molecular flexibility index (Phi) is 4.16. The molecule has 0 radical (unpaired) electrons. The van der Waals surface area contributed by atoms with Crippen LogP contribution in [0.15, 0.2) is 17.4 Å². The molecule has 2 rings (SSSR count). The van der Waals surface area contributed by atoms with Crippen LogP contribution in [0.25, 0.3) is 5.65 Å². The zero-order valence-electron chi connectivity index (χ0n) is 9.88. The van der Waals surface area contributed by atoms with Crippen molar-refractivity contribution in [2.75, 3.05) is 31.3 Å². The Balaban J connectivity index is 2.16. The summed E-state index contributed by atoms with van der Waals surface area (Å²) in [5.74, 6) is 0.698. The molecule has 0 aliphatic carbocycles. The standard InChI is InChI=1S/C10H15N5OS/c1-3-16-7-6-11-9-14-10(17-2)13-8-4-5-12-15(8)9/h4-5H,3,6-7H2,1-2H3,(H,11,13,14). The minimum Gasteiger partial charge on any atom is -0.380 e. The molecule has 1 N–H and O–H groups in total. The SMILES string of the molecule is CCOCCNc1nc(SC)nc2ccnn12. The summed E-state index contributed by atoms with van der Waals surface area (Å²) in [5.41, 5.74) is 0.795. The Labute approximate surface area is 104 Å². The highest BCUT2D eigenvalue weighted by molar-refractivity contribution is 7.98. The molecule has 0 atom stereocenters. The minimum absolute atomic E-state index is 0.651. The first-order chi connectivity index (χ1) is 8.35. The number of nitrogens with zero attached hydrogens (tertiary/aromatic N) is 4. The largest absolute Gasteiger partial charge is 0.380 e. The lowest BCUT2D eigenvalue weighted by Gasteiger charge is -2.08. The van der Waals surface area contributed by atoms with Gasteiger partial charge in [-0.3, -0.25) is 0 Å². The fourth-order valence-corrected chi connectivity index (χ4v) is 1.75. The quantitative estimate of drug-likeness (QED) is 0.618. The fraction of sp³-hybridized carbons (Fsp3) is 0.500. The predicted octanol–water partition coefficient (Wildman–Crippen LogP) is 1.29. The number of fused-ring (bicyclic) bond motifs is 1. The number of thioether (sulfide) groups is 1. The van der Waals surface area contributed by atoms with Crippen molar-refractivity contribution in [1.29, 1.82) is 0 Å². The maximum absolute atomic E-state index is 5.26. The number of hydrogen-bond acceptors (Lipinski definition) is 6. The van der Waals surface area contributed by atoms with Gasteiger partial charge in [-0.25, -0.2) is 4.98 Å². The molecule has 0 saturated carbocycles. The van der Waals surface area contributed by atoms with Gasteiger partial charge in [0, 0.05) is 19.2 Å². The van der Waals surface area contributed by atoms with Crippen LogP contribution in [-0.2, 0) is 4.74 Å². The number of anilines is 1. The first-order valence-electron chi connectivity index (χ1n) is 5.42. The van der Waals surface area contributed by atoms with Gasteiger partial charge in [0.15, 0.2) is 10.8 Å². The first kappa shape index (κ1) is 12.1. The molecule has 0 unspecified atom stereocenters. The average Bonchev–Trinajstić information content (AvgIpc) is 2.82. The van der Waals surface area contributed by atoms with Crippen molar-refractivity contribution >= 4 is 23.4 Å². The van der Waals surface area contributed by atoms with E-state index in [1.54, 1.807) is 10.7 Å². The molecule has 0 aliphatic rings. The highest BCUT2D eigenvalue weighted by atomic mass is 32.2. The van der Waals surface area contributed by atoms with Gasteiger partial charge in [-0.2, -0.15) is 14.6 Å². The van der Waals surface area contributed by atoms with E-state index in [1.165, 1.54) is 11.8 Å². The van der Waals surface area contributed by atoms with Crippen LogP contribution in [0.4, 0.5) is 5.95 Å². The summed E-state index contributed by atoms with van der Waals surface area (Å²) in [5, 5.41) is 8.10. The molecule has 0 fully saturated rings. The van der Waals surface area contributed by atoms with Crippen molar-refractivity contribution in [2.24, 2.45) is 0 Å². The monoisotopic (exact) mass is 253 g/mol. The topological polar surface area (TPSA) is 64.3 Å². The van der Waals surface area contributed by atoms with Crippen molar-refractivity contribution in [1.82, 2.24) is 19.6 Å². The molecule has 0 spiro atoms. The summed E-state index contributed by atoms with van der Waals surface area (Å²) in [4.78, 5) is 8.71. The van der Waals surface area contributed by atoms with Gasteiger partial charge in [0.05, 0.1) is 12.8 Å². The molecular formula is C10H15N5OS. The van der Waals surface area contributed by atoms with E-state index in [9.17, 15) is 0 Å². The molecule has 0 amide bonds. The molecule has 0 aliphatic heterocycles. The molecule has 6 nitrogen and oxygen atoms in total. The van der Waals surface area contributed by atoms with Crippen molar-refractivity contribution in [3.05, 3.63) is 12.3 Å². The zero-order valence-corrected chi connectivity index (χ0v) is 10.7. The van der Waals surface area contributed by atoms with Gasteiger partial charge in [0.25, 0.3) is 0 Å². The fourth-order valence-electron chi connectivity index (χ4n) is 1.39. The lowest BCUT2D eigenvalue weighted by atomic mass is 10.6. The van der Waals surface area contributed by atoms with E-state index in [4.69, 9.17) is 4.74 Å². The van der Waals surface area contributed by atoms with Gasteiger partial charge >= 0.3 is 0 Å². The number of nitrogens with one attached hydrogen (secondary N) is 1. The Morgan fingerprint density at radius 1 is 1.47 bits per heavy atom. The predicted molar refractivity (Wildman–Crippen MR) is 67.5 cm³/mol. The maximum Gasteiger partial charge on any atom is 0.228 e. The van der Waals surface area contributed by atoms with E-state index >= 15 is 0 Å². The zero-order chi connectivity index (χ0) is 12.1. The Morgan fingerprint density at radius 3 is 3.12 bits per heavy atom. The molecule has 0 bridgehead atoms. The smallest absolute Gasteiger partial charge is 0.228 e. The van der Waals surface area contributed by atoms with Crippen LogP contribution in [0.1, 0.15) is 6.92 Å². The molecule has 2 heterocycles. The van der Waals surface area contributed by atoms with Crippen LogP contribution in [0.5, 0.6) is 0 Å². The molecule has 7 heteroatoms. The number of rotatable bonds is 6. The van der Waals surface area contributed by atoms with Gasteiger partial charge in [-0.1, -0.05) is 11.8 Å². The molecule has 0 aromatic carbocycles. The van der Waals surface area contributed by atoms with Crippen LogP contribution >= 0.6 is 11.8 Å². The van der Waals surface area contributed by atoms with E-state index in [0.29, 0.717) is 19.1 Å². The van der Waals surface area contributed by atoms with E-state index < -0.39 is 0 Å². The Bertz CT molecular complexity index is 487. The van der Waals surface area contributed by atoms with Crippen molar-refractivity contribution in [3.63, 3.8) is 0 Å². The van der Waals surface area contributed by atoms with Crippen molar-refractivity contribution in [2.45, 2.75) is 12.1 Å². The lowest BCUT2D eigenvalue weighted by Crippen LogP contribution is -2.14. The highest BCUT2D eigenvalue weighted by Crippen LogP contribution is 2.14. The first-order valence-corrected chi connectivity index (χ1v) is 6.65. The second kappa shape index (κ2) is 5.83. The Morgan fingerprint density at radius 2 is 2.35 bits per heavy atom. The number of ether oxygens (including phenoxy) is 1. The third-order valence-electron chi connectivity index (χ3n) is 2.15. The number of hydrogen-bond donors (Lipinski definition) is 1. The summed E-state index contributed by atoms with van der Waals surface area (Å²) >= 11 is 1.51. The highest BCUT2D eigenvalue weighted by Gasteiger charge is 2.06.